The maximum absolute atomic E-state index is 6.36. The van der Waals surface area contributed by atoms with Crippen molar-refractivity contribution >= 4 is 0 Å². The molecule has 0 aliphatic rings. The van der Waals surface area contributed by atoms with E-state index in [1.807, 2.05) is 66.7 Å². The maximum atomic E-state index is 6.36. The molecule has 0 amide bonds. The van der Waals surface area contributed by atoms with Crippen LogP contribution in [0.3, 0.4) is 0 Å². The Morgan fingerprint density at radius 2 is 1.11 bits per heavy atom. The van der Waals surface area contributed by atoms with Gasteiger partial charge in [-0.25, -0.2) is 0 Å². The summed E-state index contributed by atoms with van der Waals surface area (Å²) in [6, 6.07) is 26.0. The minimum absolute atomic E-state index is 0.795. The molecule has 0 saturated carbocycles. The summed E-state index contributed by atoms with van der Waals surface area (Å²) in [7, 11) is 3.32. The van der Waals surface area contributed by atoms with E-state index in [2.05, 4.69) is 18.7 Å². The highest BCUT2D eigenvalue weighted by Gasteiger charge is 2.37. The molecule has 0 heterocycles. The van der Waals surface area contributed by atoms with Gasteiger partial charge < -0.3 is 14.2 Å². The van der Waals surface area contributed by atoms with E-state index >= 15 is 0 Å². The van der Waals surface area contributed by atoms with E-state index < -0.39 is 5.60 Å². The molecule has 3 nitrogen and oxygen atoms in total. The molecule has 0 aromatic heterocycles. The van der Waals surface area contributed by atoms with Gasteiger partial charge in [-0.2, -0.15) is 0 Å². The largest absolute Gasteiger partial charge is 0.497 e. The van der Waals surface area contributed by atoms with Crippen molar-refractivity contribution in [1.29, 1.82) is 0 Å². The highest BCUT2D eigenvalue weighted by molar-refractivity contribution is 5.49. The van der Waals surface area contributed by atoms with Gasteiger partial charge in [-0.3, -0.25) is 0 Å². The standard InChI is InChI=1S/C24H23O3/c1-4-18-27-24(19-8-6-5-7-9-19,20-10-14-22(25-2)15-11-20)21-12-16-23(26-3)17-13-21/h4-18H,1H2,2-3H3. The Balaban J connectivity index is 2.24. The molecule has 0 fully saturated rings. The SMILES string of the molecule is C=C[CH]OC(c1ccccc1)(c1ccc(OC)cc1)c1ccc(OC)cc1. The van der Waals surface area contributed by atoms with Gasteiger partial charge in [0.2, 0.25) is 0 Å². The molecular formula is C24H23O3. The van der Waals surface area contributed by atoms with Gasteiger partial charge >= 0.3 is 0 Å². The lowest BCUT2D eigenvalue weighted by molar-refractivity contribution is 0.0724. The highest BCUT2D eigenvalue weighted by atomic mass is 16.5. The van der Waals surface area contributed by atoms with Crippen LogP contribution in [0, 0.1) is 6.61 Å². The van der Waals surface area contributed by atoms with Gasteiger partial charge in [0.25, 0.3) is 0 Å². The van der Waals surface area contributed by atoms with Crippen LogP contribution >= 0.6 is 0 Å². The zero-order valence-electron chi connectivity index (χ0n) is 15.6. The normalized spacial score (nSPS) is 11.0. The van der Waals surface area contributed by atoms with Crippen molar-refractivity contribution in [3.63, 3.8) is 0 Å². The molecule has 0 aliphatic heterocycles. The number of hydrogen-bond acceptors (Lipinski definition) is 3. The Hall–Kier alpha value is -3.04. The number of rotatable bonds is 8. The average Bonchev–Trinajstić information content (AvgIpc) is 2.76. The molecule has 0 saturated heterocycles. The van der Waals surface area contributed by atoms with Crippen molar-refractivity contribution in [3.05, 3.63) is 115 Å². The van der Waals surface area contributed by atoms with Crippen LogP contribution < -0.4 is 9.47 Å². The van der Waals surface area contributed by atoms with E-state index in [0.29, 0.717) is 0 Å². The van der Waals surface area contributed by atoms with E-state index in [-0.39, 0.29) is 0 Å². The predicted octanol–water partition coefficient (Wildman–Crippen LogP) is 5.36. The fraction of sp³-hybridized carbons (Fsp3) is 0.125. The molecule has 0 atom stereocenters. The molecule has 1 radical (unpaired) electrons. The second kappa shape index (κ2) is 8.56. The minimum atomic E-state index is -0.825. The summed E-state index contributed by atoms with van der Waals surface area (Å²) in [6.45, 7) is 5.41. The fourth-order valence-electron chi connectivity index (χ4n) is 3.18. The molecule has 27 heavy (non-hydrogen) atoms. The van der Waals surface area contributed by atoms with Crippen molar-refractivity contribution in [3.8, 4) is 11.5 Å². The van der Waals surface area contributed by atoms with Crippen molar-refractivity contribution in [1.82, 2.24) is 0 Å². The Morgan fingerprint density at radius 3 is 1.52 bits per heavy atom. The Bertz CT molecular complexity index is 805. The summed E-state index contributed by atoms with van der Waals surface area (Å²) >= 11 is 0. The highest BCUT2D eigenvalue weighted by Crippen LogP contribution is 2.42. The summed E-state index contributed by atoms with van der Waals surface area (Å²) < 4.78 is 17.0. The quantitative estimate of drug-likeness (QED) is 0.507. The number of hydrogen-bond donors (Lipinski definition) is 0. The van der Waals surface area contributed by atoms with Crippen LogP contribution in [0.25, 0.3) is 0 Å². The molecule has 3 heteroatoms. The minimum Gasteiger partial charge on any atom is -0.497 e. The Kier molecular flexibility index (Phi) is 5.94. The van der Waals surface area contributed by atoms with E-state index in [0.717, 1.165) is 28.2 Å². The van der Waals surface area contributed by atoms with Crippen LogP contribution in [0.4, 0.5) is 0 Å². The van der Waals surface area contributed by atoms with Gasteiger partial charge in [0.05, 0.1) is 14.2 Å². The third-order valence-corrected chi connectivity index (χ3v) is 4.51. The number of ether oxygens (including phenoxy) is 3. The first-order valence-corrected chi connectivity index (χ1v) is 8.71. The van der Waals surface area contributed by atoms with Crippen molar-refractivity contribution in [2.24, 2.45) is 0 Å². The Labute approximate surface area is 160 Å². The van der Waals surface area contributed by atoms with Crippen LogP contribution in [0.2, 0.25) is 0 Å². The van der Waals surface area contributed by atoms with Crippen LogP contribution in [0.5, 0.6) is 11.5 Å². The fourth-order valence-corrected chi connectivity index (χ4v) is 3.18. The first kappa shape index (κ1) is 18.7. The summed E-state index contributed by atoms with van der Waals surface area (Å²) in [5.41, 5.74) is 2.16. The van der Waals surface area contributed by atoms with E-state index in [9.17, 15) is 0 Å². The van der Waals surface area contributed by atoms with Gasteiger partial charge in [0, 0.05) is 0 Å². The summed E-state index contributed by atoms with van der Waals surface area (Å²) in [5.74, 6) is 1.59. The van der Waals surface area contributed by atoms with Crippen LogP contribution in [0.15, 0.2) is 91.5 Å². The molecule has 0 spiro atoms. The molecule has 3 rings (SSSR count). The van der Waals surface area contributed by atoms with Gasteiger partial charge in [-0.1, -0.05) is 60.7 Å². The monoisotopic (exact) mass is 359 g/mol. The van der Waals surface area contributed by atoms with E-state index in [1.54, 1.807) is 26.9 Å². The van der Waals surface area contributed by atoms with Gasteiger partial charge in [0.15, 0.2) is 0 Å². The molecule has 0 bridgehead atoms. The summed E-state index contributed by atoms with van der Waals surface area (Å²) in [4.78, 5) is 0. The lowest BCUT2D eigenvalue weighted by Crippen LogP contribution is -2.32. The molecule has 137 valence electrons. The zero-order valence-corrected chi connectivity index (χ0v) is 15.6. The predicted molar refractivity (Wildman–Crippen MR) is 108 cm³/mol. The van der Waals surface area contributed by atoms with Crippen molar-refractivity contribution < 1.29 is 14.2 Å². The third kappa shape index (κ3) is 3.74. The maximum Gasteiger partial charge on any atom is 0.144 e. The smallest absolute Gasteiger partial charge is 0.144 e. The molecular weight excluding hydrogens is 336 g/mol. The lowest BCUT2D eigenvalue weighted by atomic mass is 9.80. The molecule has 3 aromatic rings. The van der Waals surface area contributed by atoms with E-state index in [1.165, 1.54) is 0 Å². The summed E-state index contributed by atoms with van der Waals surface area (Å²) in [5, 5.41) is 0. The molecule has 0 N–H and O–H groups in total. The second-order valence-corrected chi connectivity index (χ2v) is 5.99. The molecule has 0 unspecified atom stereocenters. The molecule has 0 aliphatic carbocycles. The van der Waals surface area contributed by atoms with Crippen LogP contribution in [-0.2, 0) is 10.3 Å². The van der Waals surface area contributed by atoms with Crippen molar-refractivity contribution in [2.45, 2.75) is 5.60 Å². The van der Waals surface area contributed by atoms with Crippen LogP contribution in [-0.4, -0.2) is 14.2 Å². The van der Waals surface area contributed by atoms with E-state index in [4.69, 9.17) is 14.2 Å². The third-order valence-electron chi connectivity index (χ3n) is 4.51. The second-order valence-electron chi connectivity index (χ2n) is 5.99. The average molecular weight is 359 g/mol. The summed E-state index contributed by atoms with van der Waals surface area (Å²) in [6.07, 6.45) is 1.64. The number of methoxy groups -OCH3 is 2. The van der Waals surface area contributed by atoms with Gasteiger partial charge in [0.1, 0.15) is 23.7 Å². The first-order chi connectivity index (χ1) is 13.2. The topological polar surface area (TPSA) is 27.7 Å². The van der Waals surface area contributed by atoms with Gasteiger partial charge in [-0.05, 0) is 41.0 Å². The van der Waals surface area contributed by atoms with Gasteiger partial charge in [-0.15, -0.1) is 6.58 Å². The van der Waals surface area contributed by atoms with Crippen LogP contribution in [0.1, 0.15) is 16.7 Å². The Morgan fingerprint density at radius 1 is 0.667 bits per heavy atom. The molecule has 3 aromatic carbocycles. The zero-order chi connectivity index (χ0) is 19.1. The first-order valence-electron chi connectivity index (χ1n) is 8.71. The number of benzene rings is 3. The van der Waals surface area contributed by atoms with Crippen molar-refractivity contribution in [2.75, 3.05) is 14.2 Å². The lowest BCUT2D eigenvalue weighted by Gasteiger charge is -2.35.